The van der Waals surface area contributed by atoms with Gasteiger partial charge >= 0.3 is 0 Å². The predicted molar refractivity (Wildman–Crippen MR) is 81.9 cm³/mol. The van der Waals surface area contributed by atoms with Crippen molar-refractivity contribution in [2.45, 2.75) is 13.3 Å². The molecule has 0 unspecified atom stereocenters. The van der Waals surface area contributed by atoms with E-state index in [9.17, 15) is 0 Å². The first-order valence-electron chi connectivity index (χ1n) is 6.10. The zero-order valence-corrected chi connectivity index (χ0v) is 12.7. The molecular formula is C13H21Cl2N3. The Balaban J connectivity index is 2.97. The van der Waals surface area contributed by atoms with E-state index in [1.807, 2.05) is 0 Å². The Hall–Kier alpha value is -0.640. The van der Waals surface area contributed by atoms with Gasteiger partial charge in [-0.25, -0.2) is 0 Å². The van der Waals surface area contributed by atoms with E-state index in [4.69, 9.17) is 28.9 Å². The first kappa shape index (κ1) is 15.4. The maximum absolute atomic E-state index is 6.26. The van der Waals surface area contributed by atoms with Gasteiger partial charge < -0.3 is 15.5 Å². The Morgan fingerprint density at radius 3 is 2.06 bits per heavy atom. The zero-order valence-electron chi connectivity index (χ0n) is 11.2. The summed E-state index contributed by atoms with van der Waals surface area (Å²) in [6.45, 7) is 4.92. The number of likely N-dealkylation sites (N-methyl/N-ethyl adjacent to an activating group) is 1. The van der Waals surface area contributed by atoms with Crippen molar-refractivity contribution in [2.75, 3.05) is 44.4 Å². The number of rotatable bonds is 6. The minimum Gasteiger partial charge on any atom is -0.399 e. The van der Waals surface area contributed by atoms with Crippen LogP contribution in [0.2, 0.25) is 10.0 Å². The molecule has 0 atom stereocenters. The lowest BCUT2D eigenvalue weighted by Gasteiger charge is -2.28. The van der Waals surface area contributed by atoms with E-state index in [2.05, 4.69) is 30.8 Å². The molecule has 0 radical (unpaired) electrons. The minimum atomic E-state index is 0.595. The number of nitrogens with zero attached hydrogens (tertiary/aromatic N) is 2. The molecule has 0 bridgehead atoms. The van der Waals surface area contributed by atoms with Gasteiger partial charge in [0, 0.05) is 25.3 Å². The van der Waals surface area contributed by atoms with E-state index >= 15 is 0 Å². The summed E-state index contributed by atoms with van der Waals surface area (Å²) in [5, 5.41) is 1.24. The van der Waals surface area contributed by atoms with E-state index < -0.39 is 0 Å². The second-order valence-corrected chi connectivity index (χ2v) is 5.44. The Morgan fingerprint density at radius 2 is 1.61 bits per heavy atom. The molecular weight excluding hydrogens is 269 g/mol. The van der Waals surface area contributed by atoms with Crippen molar-refractivity contribution in [3.05, 3.63) is 22.2 Å². The largest absolute Gasteiger partial charge is 0.399 e. The monoisotopic (exact) mass is 289 g/mol. The summed E-state index contributed by atoms with van der Waals surface area (Å²) in [6, 6.07) is 3.50. The first-order chi connectivity index (χ1) is 8.45. The summed E-state index contributed by atoms with van der Waals surface area (Å²) in [5.41, 5.74) is 7.21. The Morgan fingerprint density at radius 1 is 1.06 bits per heavy atom. The van der Waals surface area contributed by atoms with Crippen molar-refractivity contribution < 1.29 is 0 Å². The second-order valence-electron chi connectivity index (χ2n) is 4.62. The van der Waals surface area contributed by atoms with Crippen molar-refractivity contribution in [3.63, 3.8) is 0 Å². The number of anilines is 2. The van der Waals surface area contributed by atoms with Crippen LogP contribution in [0.3, 0.4) is 0 Å². The Labute approximate surface area is 119 Å². The SMILES string of the molecule is CCCN(CCN(C)C)c1c(Cl)cc(N)cc1Cl. The van der Waals surface area contributed by atoms with Crippen LogP contribution in [0.5, 0.6) is 0 Å². The molecule has 0 saturated carbocycles. The van der Waals surface area contributed by atoms with E-state index in [1.54, 1.807) is 12.1 Å². The van der Waals surface area contributed by atoms with Gasteiger partial charge in [-0.1, -0.05) is 30.1 Å². The highest BCUT2D eigenvalue weighted by Crippen LogP contribution is 2.35. The fourth-order valence-corrected chi connectivity index (χ4v) is 2.56. The second kappa shape index (κ2) is 7.07. The van der Waals surface area contributed by atoms with Gasteiger partial charge in [0.15, 0.2) is 0 Å². The van der Waals surface area contributed by atoms with Gasteiger partial charge in [0.2, 0.25) is 0 Å². The molecule has 3 nitrogen and oxygen atoms in total. The highest BCUT2D eigenvalue weighted by atomic mass is 35.5. The molecule has 5 heteroatoms. The topological polar surface area (TPSA) is 32.5 Å². The van der Waals surface area contributed by atoms with Crippen LogP contribution in [0.1, 0.15) is 13.3 Å². The zero-order chi connectivity index (χ0) is 13.7. The molecule has 1 aromatic rings. The third-order valence-corrected chi connectivity index (χ3v) is 3.24. The molecule has 0 amide bonds. The van der Waals surface area contributed by atoms with Crippen LogP contribution in [0.25, 0.3) is 0 Å². The van der Waals surface area contributed by atoms with E-state index in [0.29, 0.717) is 15.7 Å². The number of hydrogen-bond donors (Lipinski definition) is 1. The van der Waals surface area contributed by atoms with Gasteiger partial charge in [0.1, 0.15) is 0 Å². The van der Waals surface area contributed by atoms with E-state index in [1.165, 1.54) is 0 Å². The van der Waals surface area contributed by atoms with Gasteiger partial charge in [-0.15, -0.1) is 0 Å². The van der Waals surface area contributed by atoms with Gasteiger partial charge in [0.25, 0.3) is 0 Å². The maximum atomic E-state index is 6.26. The summed E-state index contributed by atoms with van der Waals surface area (Å²) in [4.78, 5) is 4.35. The standard InChI is InChI=1S/C13H21Cl2N3/c1-4-5-18(7-6-17(2)3)13-11(14)8-10(16)9-12(13)15/h8-9H,4-7,16H2,1-3H3. The molecule has 0 aromatic heterocycles. The first-order valence-corrected chi connectivity index (χ1v) is 6.85. The molecule has 0 saturated heterocycles. The van der Waals surface area contributed by atoms with Crippen molar-refractivity contribution in [1.82, 2.24) is 4.90 Å². The highest BCUT2D eigenvalue weighted by molar-refractivity contribution is 6.39. The third kappa shape index (κ3) is 4.23. The number of nitrogens with two attached hydrogens (primary N) is 1. The summed E-state index contributed by atoms with van der Waals surface area (Å²) in [6.07, 6.45) is 1.05. The van der Waals surface area contributed by atoms with Gasteiger partial charge in [-0.3, -0.25) is 0 Å². The summed E-state index contributed by atoms with van der Waals surface area (Å²) < 4.78 is 0. The molecule has 0 fully saturated rings. The lowest BCUT2D eigenvalue weighted by molar-refractivity contribution is 0.413. The average molecular weight is 290 g/mol. The molecule has 0 aliphatic carbocycles. The maximum Gasteiger partial charge on any atom is 0.0746 e. The van der Waals surface area contributed by atoms with Crippen molar-refractivity contribution in [2.24, 2.45) is 0 Å². The number of hydrogen-bond acceptors (Lipinski definition) is 3. The van der Waals surface area contributed by atoms with Crippen molar-refractivity contribution >= 4 is 34.6 Å². The Kier molecular flexibility index (Phi) is 6.06. The quantitative estimate of drug-likeness (QED) is 0.815. The van der Waals surface area contributed by atoms with Crippen LogP contribution in [0.15, 0.2) is 12.1 Å². The molecule has 1 rings (SSSR count). The Bertz CT molecular complexity index is 371. The van der Waals surface area contributed by atoms with Crippen LogP contribution in [-0.4, -0.2) is 38.6 Å². The van der Waals surface area contributed by atoms with Crippen molar-refractivity contribution in [3.8, 4) is 0 Å². The fourth-order valence-electron chi connectivity index (χ4n) is 1.81. The van der Waals surface area contributed by atoms with Gasteiger partial charge in [-0.2, -0.15) is 0 Å². The van der Waals surface area contributed by atoms with Crippen LogP contribution < -0.4 is 10.6 Å². The normalized spacial score (nSPS) is 11.0. The predicted octanol–water partition coefficient (Wildman–Crippen LogP) is 3.35. The van der Waals surface area contributed by atoms with E-state index in [0.717, 1.165) is 31.7 Å². The van der Waals surface area contributed by atoms with Crippen LogP contribution in [-0.2, 0) is 0 Å². The highest BCUT2D eigenvalue weighted by Gasteiger charge is 2.14. The fraction of sp³-hybridized carbons (Fsp3) is 0.538. The van der Waals surface area contributed by atoms with Crippen LogP contribution in [0.4, 0.5) is 11.4 Å². The molecule has 18 heavy (non-hydrogen) atoms. The third-order valence-electron chi connectivity index (χ3n) is 2.67. The number of benzene rings is 1. The summed E-state index contributed by atoms with van der Waals surface area (Å²) >= 11 is 12.5. The van der Waals surface area contributed by atoms with E-state index in [-0.39, 0.29) is 0 Å². The van der Waals surface area contributed by atoms with Crippen molar-refractivity contribution in [1.29, 1.82) is 0 Å². The lowest BCUT2D eigenvalue weighted by atomic mass is 10.2. The molecule has 0 spiro atoms. The molecule has 0 aliphatic heterocycles. The molecule has 0 aliphatic rings. The smallest absolute Gasteiger partial charge is 0.0746 e. The van der Waals surface area contributed by atoms with Crippen LogP contribution >= 0.6 is 23.2 Å². The summed E-state index contributed by atoms with van der Waals surface area (Å²) in [7, 11) is 4.10. The van der Waals surface area contributed by atoms with Crippen LogP contribution in [0, 0.1) is 0 Å². The molecule has 1 aromatic carbocycles. The molecule has 102 valence electrons. The molecule has 0 heterocycles. The van der Waals surface area contributed by atoms with Gasteiger partial charge in [0.05, 0.1) is 15.7 Å². The average Bonchev–Trinajstić information content (AvgIpc) is 2.24. The lowest BCUT2D eigenvalue weighted by Crippen LogP contribution is -2.32. The molecule has 2 N–H and O–H groups in total. The summed E-state index contributed by atoms with van der Waals surface area (Å²) in [5.74, 6) is 0. The number of nitrogen functional groups attached to an aromatic ring is 1. The number of halogens is 2. The van der Waals surface area contributed by atoms with Gasteiger partial charge in [-0.05, 0) is 32.6 Å². The minimum absolute atomic E-state index is 0.595.